The Balaban J connectivity index is 2.43. The monoisotopic (exact) mass is 257 g/mol. The Bertz CT molecular complexity index is 278. The molecular weight excluding hydrogens is 242 g/mol. The van der Waals surface area contributed by atoms with E-state index >= 15 is 0 Å². The lowest BCUT2D eigenvalue weighted by atomic mass is 10.3. The van der Waals surface area contributed by atoms with Gasteiger partial charge in [0.1, 0.15) is 0 Å². The number of nitrogens with zero attached hydrogens (tertiary/aromatic N) is 2. The minimum Gasteiger partial charge on any atom is -0.318 e. The van der Waals surface area contributed by atoms with E-state index < -0.39 is 0 Å². The molecule has 1 aromatic rings. The third-order valence-corrected chi connectivity index (χ3v) is 2.39. The first-order valence-electron chi connectivity index (χ1n) is 4.65. The number of nitrogens with one attached hydrogen (secondary N) is 1. The summed E-state index contributed by atoms with van der Waals surface area (Å²) < 4.78 is 1.04. The van der Waals surface area contributed by atoms with E-state index in [1.165, 1.54) is 5.56 Å². The minimum atomic E-state index is 0.939. The van der Waals surface area contributed by atoms with Crippen LogP contribution in [0.25, 0.3) is 0 Å². The van der Waals surface area contributed by atoms with E-state index in [9.17, 15) is 0 Å². The second kappa shape index (κ2) is 6.11. The summed E-state index contributed by atoms with van der Waals surface area (Å²) in [6, 6.07) is 2.10. The van der Waals surface area contributed by atoms with Gasteiger partial charge in [0, 0.05) is 36.5 Å². The Hall–Kier alpha value is -0.450. The summed E-state index contributed by atoms with van der Waals surface area (Å²) in [6.45, 7) is 3.00. The van der Waals surface area contributed by atoms with Crippen molar-refractivity contribution < 1.29 is 0 Å². The van der Waals surface area contributed by atoms with E-state index in [-0.39, 0.29) is 0 Å². The predicted molar refractivity (Wildman–Crippen MR) is 62.2 cm³/mol. The van der Waals surface area contributed by atoms with Crippen LogP contribution in [-0.2, 0) is 6.54 Å². The fourth-order valence-electron chi connectivity index (χ4n) is 1.24. The van der Waals surface area contributed by atoms with Gasteiger partial charge in [-0.05, 0) is 41.7 Å². The zero-order valence-corrected chi connectivity index (χ0v) is 10.2. The fourth-order valence-corrected chi connectivity index (χ4v) is 1.65. The number of rotatable bonds is 5. The summed E-state index contributed by atoms with van der Waals surface area (Å²) in [4.78, 5) is 6.39. The molecule has 1 N–H and O–H groups in total. The smallest absolute Gasteiger partial charge is 0.0410 e. The van der Waals surface area contributed by atoms with Gasteiger partial charge >= 0.3 is 0 Å². The van der Waals surface area contributed by atoms with Crippen LogP contribution in [-0.4, -0.2) is 37.1 Å². The molecule has 4 heteroatoms. The van der Waals surface area contributed by atoms with Crippen molar-refractivity contribution >= 4 is 15.9 Å². The molecule has 78 valence electrons. The van der Waals surface area contributed by atoms with Gasteiger partial charge in [-0.15, -0.1) is 0 Å². The first-order valence-corrected chi connectivity index (χ1v) is 5.44. The first-order chi connectivity index (χ1) is 6.72. The summed E-state index contributed by atoms with van der Waals surface area (Å²) in [5.74, 6) is 0. The molecule has 0 unspecified atom stereocenters. The second-order valence-corrected chi connectivity index (χ2v) is 4.27. The molecule has 1 heterocycles. The lowest BCUT2D eigenvalue weighted by molar-refractivity contribution is 0.328. The molecule has 0 amide bonds. The second-order valence-electron chi connectivity index (χ2n) is 3.35. The predicted octanol–water partition coefficient (Wildman–Crippen LogP) is 1.50. The fraction of sp³-hybridized carbons (Fsp3) is 0.500. The maximum atomic E-state index is 4.13. The number of hydrogen-bond acceptors (Lipinski definition) is 3. The number of hydrogen-bond donors (Lipinski definition) is 1. The van der Waals surface area contributed by atoms with E-state index in [1.54, 1.807) is 6.20 Å². The zero-order valence-electron chi connectivity index (χ0n) is 8.63. The Morgan fingerprint density at radius 1 is 1.50 bits per heavy atom. The van der Waals surface area contributed by atoms with Gasteiger partial charge in [-0.1, -0.05) is 0 Å². The third kappa shape index (κ3) is 4.17. The quantitative estimate of drug-likeness (QED) is 0.867. The summed E-state index contributed by atoms with van der Waals surface area (Å²) in [5.41, 5.74) is 1.23. The summed E-state index contributed by atoms with van der Waals surface area (Å²) >= 11 is 3.41. The molecule has 1 aromatic heterocycles. The Morgan fingerprint density at radius 2 is 2.29 bits per heavy atom. The van der Waals surface area contributed by atoms with Gasteiger partial charge in [0.05, 0.1) is 0 Å². The molecule has 0 atom stereocenters. The van der Waals surface area contributed by atoms with Gasteiger partial charge in [0.2, 0.25) is 0 Å². The normalized spacial score (nSPS) is 10.9. The van der Waals surface area contributed by atoms with Crippen LogP contribution >= 0.6 is 15.9 Å². The average molecular weight is 258 g/mol. The van der Waals surface area contributed by atoms with Gasteiger partial charge in [-0.2, -0.15) is 0 Å². The highest BCUT2D eigenvalue weighted by atomic mass is 79.9. The van der Waals surface area contributed by atoms with Crippen LogP contribution in [0.3, 0.4) is 0 Å². The van der Waals surface area contributed by atoms with Crippen molar-refractivity contribution in [3.8, 4) is 0 Å². The molecule has 0 aliphatic heterocycles. The molecule has 0 bridgehead atoms. The lowest BCUT2D eigenvalue weighted by Gasteiger charge is -2.15. The Labute approximate surface area is 93.7 Å². The number of pyridine rings is 1. The summed E-state index contributed by atoms with van der Waals surface area (Å²) in [7, 11) is 4.08. The molecular formula is C10H16BrN3. The third-order valence-electron chi connectivity index (χ3n) is 1.96. The van der Waals surface area contributed by atoms with Gasteiger partial charge in [-0.25, -0.2) is 0 Å². The van der Waals surface area contributed by atoms with E-state index in [2.05, 4.69) is 44.2 Å². The maximum absolute atomic E-state index is 4.13. The lowest BCUT2D eigenvalue weighted by Crippen LogP contribution is -2.26. The molecule has 3 nitrogen and oxygen atoms in total. The number of likely N-dealkylation sites (N-methyl/N-ethyl adjacent to an activating group) is 2. The Morgan fingerprint density at radius 3 is 2.93 bits per heavy atom. The number of aromatic nitrogens is 1. The maximum Gasteiger partial charge on any atom is 0.0410 e. The topological polar surface area (TPSA) is 28.2 Å². The molecule has 0 fully saturated rings. The highest BCUT2D eigenvalue weighted by Gasteiger charge is 2.00. The first kappa shape index (κ1) is 11.6. The summed E-state index contributed by atoms with van der Waals surface area (Å²) in [5, 5.41) is 3.13. The van der Waals surface area contributed by atoms with Crippen molar-refractivity contribution in [1.29, 1.82) is 0 Å². The van der Waals surface area contributed by atoms with Crippen molar-refractivity contribution in [2.45, 2.75) is 6.54 Å². The Kier molecular flexibility index (Phi) is 5.07. The van der Waals surface area contributed by atoms with E-state index in [4.69, 9.17) is 0 Å². The van der Waals surface area contributed by atoms with E-state index in [0.717, 1.165) is 24.1 Å². The number of halogens is 1. The van der Waals surface area contributed by atoms with Crippen molar-refractivity contribution in [3.05, 3.63) is 28.5 Å². The van der Waals surface area contributed by atoms with Crippen LogP contribution < -0.4 is 5.32 Å². The molecule has 14 heavy (non-hydrogen) atoms. The zero-order chi connectivity index (χ0) is 10.4. The van der Waals surface area contributed by atoms with Crippen LogP contribution in [0.15, 0.2) is 22.9 Å². The largest absolute Gasteiger partial charge is 0.318 e. The van der Waals surface area contributed by atoms with Crippen LogP contribution in [0.1, 0.15) is 5.56 Å². The highest BCUT2D eigenvalue weighted by Crippen LogP contribution is 2.10. The van der Waals surface area contributed by atoms with Crippen molar-refractivity contribution in [1.82, 2.24) is 15.2 Å². The van der Waals surface area contributed by atoms with Gasteiger partial charge < -0.3 is 10.2 Å². The van der Waals surface area contributed by atoms with E-state index in [1.807, 2.05) is 13.2 Å². The molecule has 0 aliphatic rings. The standard InChI is InChI=1S/C10H16BrN3/c1-12-3-4-14(2)8-9-5-10(11)7-13-6-9/h5-7,12H,3-4,8H2,1-2H3. The van der Waals surface area contributed by atoms with Crippen molar-refractivity contribution in [2.75, 3.05) is 27.2 Å². The van der Waals surface area contributed by atoms with Crippen LogP contribution in [0.5, 0.6) is 0 Å². The minimum absolute atomic E-state index is 0.939. The molecule has 0 saturated heterocycles. The molecule has 0 aliphatic carbocycles. The summed E-state index contributed by atoms with van der Waals surface area (Å²) in [6.07, 6.45) is 3.71. The van der Waals surface area contributed by atoms with Gasteiger partial charge in [0.25, 0.3) is 0 Å². The molecule has 0 spiro atoms. The van der Waals surface area contributed by atoms with E-state index in [0.29, 0.717) is 0 Å². The van der Waals surface area contributed by atoms with Crippen LogP contribution in [0, 0.1) is 0 Å². The molecule has 0 aromatic carbocycles. The van der Waals surface area contributed by atoms with Crippen LogP contribution in [0.2, 0.25) is 0 Å². The highest BCUT2D eigenvalue weighted by molar-refractivity contribution is 9.10. The average Bonchev–Trinajstić information content (AvgIpc) is 2.15. The molecule has 0 saturated carbocycles. The van der Waals surface area contributed by atoms with Gasteiger partial charge in [-0.3, -0.25) is 4.98 Å². The van der Waals surface area contributed by atoms with Crippen molar-refractivity contribution in [3.63, 3.8) is 0 Å². The SMILES string of the molecule is CNCCN(C)Cc1cncc(Br)c1. The molecule has 0 radical (unpaired) electrons. The van der Waals surface area contributed by atoms with Crippen LogP contribution in [0.4, 0.5) is 0 Å². The van der Waals surface area contributed by atoms with Crippen molar-refractivity contribution in [2.24, 2.45) is 0 Å². The molecule has 1 rings (SSSR count). The van der Waals surface area contributed by atoms with Gasteiger partial charge in [0.15, 0.2) is 0 Å².